The zero-order valence-electron chi connectivity index (χ0n) is 15.5. The zero-order chi connectivity index (χ0) is 18.6. The molecule has 146 valence electrons. The Bertz CT molecular complexity index is 696. The lowest BCUT2D eigenvalue weighted by Crippen LogP contribution is -2.44. The molecule has 26 heavy (non-hydrogen) atoms. The normalized spacial score (nSPS) is 22.5. The summed E-state index contributed by atoms with van der Waals surface area (Å²) in [4.78, 5) is 2.54. The summed E-state index contributed by atoms with van der Waals surface area (Å²) in [5.41, 5.74) is 1.82. The van der Waals surface area contributed by atoms with E-state index in [0.717, 1.165) is 62.6 Å². The van der Waals surface area contributed by atoms with Gasteiger partial charge in [-0.3, -0.25) is 4.90 Å². The van der Waals surface area contributed by atoms with Gasteiger partial charge in [0.15, 0.2) is 0 Å². The van der Waals surface area contributed by atoms with Crippen LogP contribution in [0.15, 0.2) is 18.2 Å². The van der Waals surface area contributed by atoms with Crippen LogP contribution in [0.3, 0.4) is 0 Å². The maximum atomic E-state index is 11.3. The van der Waals surface area contributed by atoms with Crippen LogP contribution in [0.1, 0.15) is 24.8 Å². The maximum absolute atomic E-state index is 11.3. The van der Waals surface area contributed by atoms with Gasteiger partial charge in [0.1, 0.15) is 5.75 Å². The predicted octanol–water partition coefficient (Wildman–Crippen LogP) is 1.41. The summed E-state index contributed by atoms with van der Waals surface area (Å²) in [6.45, 7) is 4.17. The second kappa shape index (κ2) is 8.56. The van der Waals surface area contributed by atoms with Crippen LogP contribution in [0, 0.1) is 0 Å². The first-order chi connectivity index (χ1) is 12.4. The molecule has 7 nitrogen and oxygen atoms in total. The van der Waals surface area contributed by atoms with Crippen LogP contribution in [-0.2, 0) is 21.3 Å². The molecule has 1 aromatic carbocycles. The first-order valence-corrected chi connectivity index (χ1v) is 11.0. The molecular weight excluding hydrogens is 354 g/mol. The lowest BCUT2D eigenvalue weighted by Gasteiger charge is -2.36. The van der Waals surface area contributed by atoms with Crippen LogP contribution >= 0.6 is 0 Å². The van der Waals surface area contributed by atoms with Crippen LogP contribution in [0.25, 0.3) is 0 Å². The summed E-state index contributed by atoms with van der Waals surface area (Å²) in [6.07, 6.45) is 4.46. The number of ether oxygens (including phenoxy) is 2. The molecule has 2 N–H and O–H groups in total. The van der Waals surface area contributed by atoms with Gasteiger partial charge >= 0.3 is 0 Å². The van der Waals surface area contributed by atoms with E-state index in [1.54, 1.807) is 7.11 Å². The number of piperidine rings is 1. The van der Waals surface area contributed by atoms with Crippen molar-refractivity contribution in [1.82, 2.24) is 9.62 Å². The van der Waals surface area contributed by atoms with Crippen molar-refractivity contribution in [2.24, 2.45) is 0 Å². The number of nitrogens with zero attached hydrogens (tertiary/aromatic N) is 1. The Labute approximate surface area is 156 Å². The van der Waals surface area contributed by atoms with Crippen molar-refractivity contribution in [3.63, 3.8) is 0 Å². The molecule has 1 atom stereocenters. The highest BCUT2D eigenvalue weighted by atomic mass is 32.2. The largest absolute Gasteiger partial charge is 0.495 e. The summed E-state index contributed by atoms with van der Waals surface area (Å²) in [5.74, 6) is 0.778. The van der Waals surface area contributed by atoms with Crippen LogP contribution in [0.5, 0.6) is 5.75 Å². The van der Waals surface area contributed by atoms with Gasteiger partial charge < -0.3 is 14.8 Å². The van der Waals surface area contributed by atoms with Gasteiger partial charge in [-0.1, -0.05) is 6.07 Å². The molecule has 2 heterocycles. The zero-order valence-corrected chi connectivity index (χ0v) is 16.3. The molecule has 8 heteroatoms. The van der Waals surface area contributed by atoms with Gasteiger partial charge in [-0.15, -0.1) is 0 Å². The number of methoxy groups -OCH3 is 1. The molecule has 3 rings (SSSR count). The van der Waals surface area contributed by atoms with Crippen LogP contribution in [-0.4, -0.2) is 65.1 Å². The molecule has 1 unspecified atom stereocenters. The number of nitrogens with one attached hydrogen (secondary N) is 2. The molecule has 2 aliphatic rings. The number of rotatable bonds is 7. The highest BCUT2D eigenvalue weighted by Gasteiger charge is 2.27. The van der Waals surface area contributed by atoms with Crippen molar-refractivity contribution in [2.45, 2.75) is 37.9 Å². The Morgan fingerprint density at radius 2 is 2.04 bits per heavy atom. The van der Waals surface area contributed by atoms with E-state index in [-0.39, 0.29) is 6.54 Å². The standard InChI is InChI=1S/C18H29N3O4S/c1-24-18-4-3-14(12-19-26(2,22)23)11-17(18)20-15-5-8-21(9-6-15)16-7-10-25-13-16/h3-4,11,15-16,19-20H,5-10,12-13H2,1-2H3. The summed E-state index contributed by atoms with van der Waals surface area (Å²) in [7, 11) is -1.56. The number of benzene rings is 1. The summed E-state index contributed by atoms with van der Waals surface area (Å²) in [6, 6.07) is 6.70. The molecule has 1 aromatic rings. The average Bonchev–Trinajstić information content (AvgIpc) is 3.15. The third kappa shape index (κ3) is 5.33. The van der Waals surface area contributed by atoms with Gasteiger partial charge in [0, 0.05) is 38.3 Å². The van der Waals surface area contributed by atoms with Crippen LogP contribution < -0.4 is 14.8 Å². The predicted molar refractivity (Wildman–Crippen MR) is 102 cm³/mol. The van der Waals surface area contributed by atoms with Crippen molar-refractivity contribution >= 4 is 15.7 Å². The van der Waals surface area contributed by atoms with Gasteiger partial charge in [0.05, 0.1) is 25.7 Å². The molecule has 0 aliphatic carbocycles. The van der Waals surface area contributed by atoms with Gasteiger partial charge in [0.2, 0.25) is 10.0 Å². The van der Waals surface area contributed by atoms with Crippen molar-refractivity contribution in [3.05, 3.63) is 23.8 Å². The third-order valence-corrected chi connectivity index (χ3v) is 5.78. The van der Waals surface area contributed by atoms with Crippen molar-refractivity contribution in [2.75, 3.05) is 45.0 Å². The molecule has 0 aromatic heterocycles. The van der Waals surface area contributed by atoms with E-state index in [1.807, 2.05) is 18.2 Å². The number of hydrogen-bond donors (Lipinski definition) is 2. The monoisotopic (exact) mass is 383 g/mol. The van der Waals surface area contributed by atoms with Crippen LogP contribution in [0.4, 0.5) is 5.69 Å². The first kappa shape index (κ1) is 19.4. The minimum atomic E-state index is -3.21. The molecule has 2 saturated heterocycles. The van der Waals surface area contributed by atoms with E-state index in [2.05, 4.69) is 14.9 Å². The molecule has 0 bridgehead atoms. The number of anilines is 1. The minimum Gasteiger partial charge on any atom is -0.495 e. The summed E-state index contributed by atoms with van der Waals surface area (Å²) >= 11 is 0. The fourth-order valence-electron chi connectivity index (χ4n) is 3.63. The van der Waals surface area contributed by atoms with Crippen molar-refractivity contribution < 1.29 is 17.9 Å². The Balaban J connectivity index is 1.59. The van der Waals surface area contributed by atoms with E-state index >= 15 is 0 Å². The van der Waals surface area contributed by atoms with Gasteiger partial charge in [-0.25, -0.2) is 13.1 Å². The number of hydrogen-bond acceptors (Lipinski definition) is 6. The van der Waals surface area contributed by atoms with Gasteiger partial charge in [0.25, 0.3) is 0 Å². The average molecular weight is 384 g/mol. The first-order valence-electron chi connectivity index (χ1n) is 9.14. The van der Waals surface area contributed by atoms with E-state index in [4.69, 9.17) is 9.47 Å². The smallest absolute Gasteiger partial charge is 0.209 e. The minimum absolute atomic E-state index is 0.275. The van der Waals surface area contributed by atoms with E-state index in [1.165, 1.54) is 6.26 Å². The number of likely N-dealkylation sites (tertiary alicyclic amines) is 1. The molecule has 0 amide bonds. The molecule has 0 saturated carbocycles. The van der Waals surface area contributed by atoms with Gasteiger partial charge in [-0.05, 0) is 37.0 Å². The lowest BCUT2D eigenvalue weighted by atomic mass is 10.0. The topological polar surface area (TPSA) is 79.9 Å². The second-order valence-corrected chi connectivity index (χ2v) is 8.93. The Morgan fingerprint density at radius 3 is 2.65 bits per heavy atom. The van der Waals surface area contributed by atoms with E-state index in [0.29, 0.717) is 12.1 Å². The Hall–Kier alpha value is -1.35. The Morgan fingerprint density at radius 1 is 1.27 bits per heavy atom. The SMILES string of the molecule is COc1ccc(CNS(C)(=O)=O)cc1NC1CCN(C2CCOC2)CC1. The van der Waals surface area contributed by atoms with E-state index < -0.39 is 10.0 Å². The molecule has 2 aliphatic heterocycles. The molecular formula is C18H29N3O4S. The highest BCUT2D eigenvalue weighted by Crippen LogP contribution is 2.28. The summed E-state index contributed by atoms with van der Waals surface area (Å²) < 4.78 is 36.1. The summed E-state index contributed by atoms with van der Waals surface area (Å²) in [5, 5.41) is 3.59. The van der Waals surface area contributed by atoms with E-state index in [9.17, 15) is 8.42 Å². The van der Waals surface area contributed by atoms with Crippen molar-refractivity contribution in [3.8, 4) is 5.75 Å². The Kier molecular flexibility index (Phi) is 6.39. The fourth-order valence-corrected chi connectivity index (χ4v) is 4.06. The van der Waals surface area contributed by atoms with Crippen LogP contribution in [0.2, 0.25) is 0 Å². The van der Waals surface area contributed by atoms with Crippen molar-refractivity contribution in [1.29, 1.82) is 0 Å². The molecule has 0 spiro atoms. The molecule has 0 radical (unpaired) electrons. The third-order valence-electron chi connectivity index (χ3n) is 5.11. The lowest BCUT2D eigenvalue weighted by molar-refractivity contribution is 0.124. The molecule has 2 fully saturated rings. The highest BCUT2D eigenvalue weighted by molar-refractivity contribution is 7.88. The number of sulfonamides is 1. The fraction of sp³-hybridized carbons (Fsp3) is 0.667. The second-order valence-electron chi connectivity index (χ2n) is 7.10. The maximum Gasteiger partial charge on any atom is 0.209 e. The van der Waals surface area contributed by atoms with Gasteiger partial charge in [-0.2, -0.15) is 0 Å². The quantitative estimate of drug-likeness (QED) is 0.741.